The maximum atomic E-state index is 12.2. The molecule has 0 spiro atoms. The van der Waals surface area contributed by atoms with Crippen molar-refractivity contribution in [3.63, 3.8) is 0 Å². The van der Waals surface area contributed by atoms with Crippen LogP contribution in [-0.2, 0) is 4.74 Å². The number of nitrogens with zero attached hydrogens (tertiary/aromatic N) is 2. The molecule has 1 aliphatic heterocycles. The van der Waals surface area contributed by atoms with Gasteiger partial charge in [-0.05, 0) is 30.4 Å². The number of amides is 1. The molecular formula is C25H38N2O3. The second-order valence-electron chi connectivity index (χ2n) is 8.85. The first-order valence-electron chi connectivity index (χ1n) is 11.6. The predicted molar refractivity (Wildman–Crippen MR) is 122 cm³/mol. The van der Waals surface area contributed by atoms with Gasteiger partial charge in [0.05, 0.1) is 12.2 Å². The summed E-state index contributed by atoms with van der Waals surface area (Å²) in [4.78, 5) is 16.4. The van der Waals surface area contributed by atoms with Crippen molar-refractivity contribution in [1.82, 2.24) is 9.80 Å². The molecule has 3 rings (SSSR count). The molecule has 2 aliphatic rings. The molecule has 2 fully saturated rings. The van der Waals surface area contributed by atoms with E-state index in [2.05, 4.69) is 42.7 Å². The van der Waals surface area contributed by atoms with Gasteiger partial charge in [0, 0.05) is 38.6 Å². The number of carbonyl (C=O) groups is 1. The lowest BCUT2D eigenvalue weighted by Gasteiger charge is -2.43. The van der Waals surface area contributed by atoms with Gasteiger partial charge in [-0.25, -0.2) is 4.79 Å². The molecule has 1 heterocycles. The van der Waals surface area contributed by atoms with E-state index in [0.29, 0.717) is 19.7 Å². The van der Waals surface area contributed by atoms with E-state index in [4.69, 9.17) is 4.74 Å². The number of hydrogen-bond donors (Lipinski definition) is 1. The second-order valence-corrected chi connectivity index (χ2v) is 8.85. The third kappa shape index (κ3) is 5.86. The Morgan fingerprint density at radius 2 is 1.97 bits per heavy atom. The molecular weight excluding hydrogens is 376 g/mol. The summed E-state index contributed by atoms with van der Waals surface area (Å²) in [5, 5.41) is 11.6. The van der Waals surface area contributed by atoms with Crippen molar-refractivity contribution in [1.29, 1.82) is 0 Å². The van der Waals surface area contributed by atoms with E-state index in [1.165, 1.54) is 12.0 Å². The topological polar surface area (TPSA) is 53.0 Å². The first-order chi connectivity index (χ1) is 14.6. The summed E-state index contributed by atoms with van der Waals surface area (Å²) in [5.74, 6) is 0.0701. The predicted octanol–water partition coefficient (Wildman–Crippen LogP) is 4.66. The molecule has 0 radical (unpaired) electrons. The molecule has 1 saturated heterocycles. The molecule has 1 aromatic carbocycles. The first-order valence-corrected chi connectivity index (χ1v) is 11.6. The smallest absolute Gasteiger partial charge is 0.409 e. The van der Waals surface area contributed by atoms with E-state index in [0.717, 1.165) is 63.7 Å². The fourth-order valence-corrected chi connectivity index (χ4v) is 4.77. The van der Waals surface area contributed by atoms with E-state index in [-0.39, 0.29) is 12.0 Å². The highest BCUT2D eigenvalue weighted by atomic mass is 16.6. The SMILES string of the molecule is C=Cc1cccc(C(CN2CCN(C(=O)OCCCC)CC2)C2(O)CCCCC2)c1. The zero-order valence-corrected chi connectivity index (χ0v) is 18.5. The summed E-state index contributed by atoms with van der Waals surface area (Å²) in [6, 6.07) is 8.44. The third-order valence-electron chi connectivity index (χ3n) is 6.71. The molecule has 1 saturated carbocycles. The third-order valence-corrected chi connectivity index (χ3v) is 6.71. The van der Waals surface area contributed by atoms with Crippen molar-refractivity contribution in [2.24, 2.45) is 0 Å². The Morgan fingerprint density at radius 1 is 1.23 bits per heavy atom. The highest BCUT2D eigenvalue weighted by Gasteiger charge is 2.40. The van der Waals surface area contributed by atoms with E-state index in [1.807, 2.05) is 11.0 Å². The van der Waals surface area contributed by atoms with Gasteiger partial charge in [0.1, 0.15) is 0 Å². The summed E-state index contributed by atoms with van der Waals surface area (Å²) in [6.45, 7) is 10.3. The van der Waals surface area contributed by atoms with Gasteiger partial charge in [-0.2, -0.15) is 0 Å². The molecule has 5 nitrogen and oxygen atoms in total. The van der Waals surface area contributed by atoms with Crippen LogP contribution in [0.2, 0.25) is 0 Å². The van der Waals surface area contributed by atoms with Crippen molar-refractivity contribution in [3.05, 3.63) is 42.0 Å². The molecule has 1 N–H and O–H groups in total. The lowest BCUT2D eigenvalue weighted by molar-refractivity contribution is -0.0342. The number of ether oxygens (including phenoxy) is 1. The summed E-state index contributed by atoms with van der Waals surface area (Å²) < 4.78 is 5.36. The van der Waals surface area contributed by atoms with Crippen molar-refractivity contribution >= 4 is 12.2 Å². The number of rotatable bonds is 8. The summed E-state index contributed by atoms with van der Waals surface area (Å²) in [7, 11) is 0. The Balaban J connectivity index is 1.65. The molecule has 1 unspecified atom stereocenters. The number of unbranched alkanes of at least 4 members (excludes halogenated alkanes) is 1. The Bertz CT molecular complexity index is 691. The molecule has 0 aromatic heterocycles. The number of hydrogen-bond acceptors (Lipinski definition) is 4. The van der Waals surface area contributed by atoms with E-state index in [9.17, 15) is 9.90 Å². The van der Waals surface area contributed by atoms with Gasteiger partial charge < -0.3 is 14.7 Å². The van der Waals surface area contributed by atoms with Crippen LogP contribution in [0.15, 0.2) is 30.8 Å². The van der Waals surface area contributed by atoms with E-state index < -0.39 is 5.60 Å². The number of piperazine rings is 1. The monoisotopic (exact) mass is 414 g/mol. The van der Waals surface area contributed by atoms with E-state index >= 15 is 0 Å². The molecule has 1 amide bonds. The molecule has 1 aromatic rings. The van der Waals surface area contributed by atoms with Crippen LogP contribution in [0.4, 0.5) is 4.79 Å². The van der Waals surface area contributed by atoms with Crippen LogP contribution < -0.4 is 0 Å². The number of aliphatic hydroxyl groups is 1. The van der Waals surface area contributed by atoms with Crippen molar-refractivity contribution in [3.8, 4) is 0 Å². The first kappa shape index (κ1) is 22.8. The number of benzene rings is 1. The summed E-state index contributed by atoms with van der Waals surface area (Å²) in [6.07, 6.45) is 8.73. The van der Waals surface area contributed by atoms with Crippen LogP contribution in [0.25, 0.3) is 6.08 Å². The van der Waals surface area contributed by atoms with Gasteiger partial charge >= 0.3 is 6.09 Å². The Hall–Kier alpha value is -1.85. The maximum absolute atomic E-state index is 12.2. The van der Waals surface area contributed by atoms with E-state index in [1.54, 1.807) is 0 Å². The highest BCUT2D eigenvalue weighted by Crippen LogP contribution is 2.40. The molecule has 166 valence electrons. The van der Waals surface area contributed by atoms with Gasteiger partial charge in [0.2, 0.25) is 0 Å². The lowest BCUT2D eigenvalue weighted by atomic mass is 9.72. The Kier molecular flexibility index (Phi) is 8.34. The highest BCUT2D eigenvalue weighted by molar-refractivity contribution is 5.67. The van der Waals surface area contributed by atoms with Crippen molar-refractivity contribution in [2.45, 2.75) is 63.4 Å². The lowest BCUT2D eigenvalue weighted by Crippen LogP contribution is -2.52. The zero-order chi connectivity index (χ0) is 21.4. The van der Waals surface area contributed by atoms with Crippen LogP contribution in [0.5, 0.6) is 0 Å². The molecule has 5 heteroatoms. The average Bonchev–Trinajstić information content (AvgIpc) is 2.78. The van der Waals surface area contributed by atoms with Crippen LogP contribution in [-0.4, -0.2) is 65.9 Å². The fraction of sp³-hybridized carbons (Fsp3) is 0.640. The van der Waals surface area contributed by atoms with Crippen LogP contribution in [0, 0.1) is 0 Å². The van der Waals surface area contributed by atoms with Gasteiger partial charge in [0.15, 0.2) is 0 Å². The maximum Gasteiger partial charge on any atom is 0.409 e. The molecule has 30 heavy (non-hydrogen) atoms. The minimum absolute atomic E-state index is 0.0701. The molecule has 0 bridgehead atoms. The van der Waals surface area contributed by atoms with Gasteiger partial charge in [-0.3, -0.25) is 4.90 Å². The molecule has 1 atom stereocenters. The summed E-state index contributed by atoms with van der Waals surface area (Å²) >= 11 is 0. The Morgan fingerprint density at radius 3 is 2.63 bits per heavy atom. The largest absolute Gasteiger partial charge is 0.449 e. The van der Waals surface area contributed by atoms with Crippen LogP contribution in [0.1, 0.15) is 68.9 Å². The quantitative estimate of drug-likeness (QED) is 0.629. The standard InChI is InChI=1S/C25H38N2O3/c1-3-5-18-30-24(28)27-16-14-26(15-17-27)20-23(25(29)12-7-6-8-13-25)22-11-9-10-21(4-2)19-22/h4,9-11,19,23,29H,2-3,5-8,12-18,20H2,1H3. The second kappa shape index (κ2) is 11.0. The van der Waals surface area contributed by atoms with Gasteiger partial charge in [-0.1, -0.05) is 69.5 Å². The zero-order valence-electron chi connectivity index (χ0n) is 18.5. The fourth-order valence-electron chi connectivity index (χ4n) is 4.77. The minimum Gasteiger partial charge on any atom is -0.449 e. The van der Waals surface area contributed by atoms with Gasteiger partial charge in [0.25, 0.3) is 0 Å². The van der Waals surface area contributed by atoms with Gasteiger partial charge in [-0.15, -0.1) is 0 Å². The van der Waals surface area contributed by atoms with Crippen molar-refractivity contribution < 1.29 is 14.6 Å². The average molecular weight is 415 g/mol. The van der Waals surface area contributed by atoms with Crippen LogP contribution >= 0.6 is 0 Å². The summed E-state index contributed by atoms with van der Waals surface area (Å²) in [5.41, 5.74) is 1.63. The van der Waals surface area contributed by atoms with Crippen molar-refractivity contribution in [2.75, 3.05) is 39.3 Å². The normalized spacial score (nSPS) is 20.5. The van der Waals surface area contributed by atoms with Crippen LogP contribution in [0.3, 0.4) is 0 Å². The minimum atomic E-state index is -0.658. The molecule has 1 aliphatic carbocycles. The Labute approximate surface area is 181 Å². The number of carbonyl (C=O) groups excluding carboxylic acids is 1.